The van der Waals surface area contributed by atoms with Crippen LogP contribution in [0.5, 0.6) is 11.5 Å². The monoisotopic (exact) mass is 270 g/mol. The molecule has 102 valence electrons. The van der Waals surface area contributed by atoms with Crippen molar-refractivity contribution in [2.45, 2.75) is 6.42 Å². The van der Waals surface area contributed by atoms with Crippen LogP contribution >= 0.6 is 0 Å². The van der Waals surface area contributed by atoms with Gasteiger partial charge in [0.25, 0.3) is 0 Å². The third-order valence-corrected chi connectivity index (χ3v) is 3.79. The number of nitrogens with zero attached hydrogens (tertiary/aromatic N) is 2. The zero-order valence-electron chi connectivity index (χ0n) is 11.4. The number of nitriles is 1. The van der Waals surface area contributed by atoms with Crippen LogP contribution in [-0.4, -0.2) is 38.0 Å². The minimum absolute atomic E-state index is 0.106. The van der Waals surface area contributed by atoms with E-state index in [0.29, 0.717) is 18.0 Å². The van der Waals surface area contributed by atoms with E-state index in [1.165, 1.54) is 0 Å². The smallest absolute Gasteiger partial charge is 0.194 e. The predicted octanol–water partition coefficient (Wildman–Crippen LogP) is 1.38. The molecule has 0 unspecified atom stereocenters. The van der Waals surface area contributed by atoms with Gasteiger partial charge in [0.05, 0.1) is 26.5 Å². The van der Waals surface area contributed by atoms with E-state index in [4.69, 9.17) is 9.47 Å². The van der Waals surface area contributed by atoms with Gasteiger partial charge >= 0.3 is 0 Å². The summed E-state index contributed by atoms with van der Waals surface area (Å²) >= 11 is 0. The van der Waals surface area contributed by atoms with Crippen LogP contribution in [0.15, 0.2) is 17.7 Å². The summed E-state index contributed by atoms with van der Waals surface area (Å²) in [5.41, 5.74) is 2.96. The SMILES string of the molecule is COc1cc2c(cc1OC)C1=C(C#N)C(=O)CN1CC2. The lowest BCUT2D eigenvalue weighted by Crippen LogP contribution is -2.28. The molecular formula is C15H14N2O3. The zero-order valence-corrected chi connectivity index (χ0v) is 11.4. The minimum Gasteiger partial charge on any atom is -0.493 e. The molecule has 0 fully saturated rings. The third kappa shape index (κ3) is 1.65. The fraction of sp³-hybridized carbons (Fsp3) is 0.333. The zero-order chi connectivity index (χ0) is 14.3. The van der Waals surface area contributed by atoms with Gasteiger partial charge in [0, 0.05) is 12.1 Å². The van der Waals surface area contributed by atoms with E-state index < -0.39 is 0 Å². The lowest BCUT2D eigenvalue weighted by atomic mass is 9.95. The summed E-state index contributed by atoms with van der Waals surface area (Å²) in [4.78, 5) is 13.8. The molecule has 3 rings (SSSR count). The molecule has 0 N–H and O–H groups in total. The molecule has 0 saturated carbocycles. The lowest BCUT2D eigenvalue weighted by Gasteiger charge is -2.29. The normalized spacial score (nSPS) is 16.6. The maximum Gasteiger partial charge on any atom is 0.194 e. The number of carbonyl (C=O) groups excluding carboxylic acids is 1. The molecule has 1 aromatic carbocycles. The second-order valence-corrected chi connectivity index (χ2v) is 4.79. The van der Waals surface area contributed by atoms with Crippen molar-refractivity contribution in [2.75, 3.05) is 27.3 Å². The van der Waals surface area contributed by atoms with E-state index in [9.17, 15) is 10.1 Å². The average molecular weight is 270 g/mol. The van der Waals surface area contributed by atoms with E-state index in [1.54, 1.807) is 14.2 Å². The number of methoxy groups -OCH3 is 2. The van der Waals surface area contributed by atoms with Gasteiger partial charge in [-0.05, 0) is 24.1 Å². The summed E-state index contributed by atoms with van der Waals surface area (Å²) in [6, 6.07) is 5.82. The van der Waals surface area contributed by atoms with Gasteiger partial charge in [0.15, 0.2) is 17.3 Å². The van der Waals surface area contributed by atoms with Crippen LogP contribution in [0, 0.1) is 11.3 Å². The molecule has 0 amide bonds. The Morgan fingerprint density at radius 3 is 2.60 bits per heavy atom. The first-order valence-corrected chi connectivity index (χ1v) is 6.37. The van der Waals surface area contributed by atoms with E-state index in [1.807, 2.05) is 23.1 Å². The summed E-state index contributed by atoms with van der Waals surface area (Å²) in [5, 5.41) is 9.22. The van der Waals surface area contributed by atoms with Crippen molar-refractivity contribution in [3.63, 3.8) is 0 Å². The van der Waals surface area contributed by atoms with Crippen molar-refractivity contribution in [3.8, 4) is 17.6 Å². The Hall–Kier alpha value is -2.48. The second kappa shape index (κ2) is 4.57. The number of ketones is 1. The van der Waals surface area contributed by atoms with E-state index in [0.717, 1.165) is 29.8 Å². The molecule has 0 saturated heterocycles. The molecule has 20 heavy (non-hydrogen) atoms. The molecule has 2 aliphatic rings. The average Bonchev–Trinajstić information content (AvgIpc) is 2.81. The van der Waals surface area contributed by atoms with Crippen molar-refractivity contribution >= 4 is 11.5 Å². The highest BCUT2D eigenvalue weighted by Crippen LogP contribution is 2.40. The maximum atomic E-state index is 11.9. The van der Waals surface area contributed by atoms with Crippen molar-refractivity contribution < 1.29 is 14.3 Å². The second-order valence-electron chi connectivity index (χ2n) is 4.79. The summed E-state index contributed by atoms with van der Waals surface area (Å²) in [6.45, 7) is 1.04. The summed E-state index contributed by atoms with van der Waals surface area (Å²) in [5.74, 6) is 1.17. The highest BCUT2D eigenvalue weighted by atomic mass is 16.5. The van der Waals surface area contributed by atoms with Gasteiger partial charge in [-0.1, -0.05) is 0 Å². The molecule has 0 aliphatic carbocycles. The fourth-order valence-electron chi connectivity index (χ4n) is 2.84. The number of fused-ring (bicyclic) bond motifs is 3. The van der Waals surface area contributed by atoms with Gasteiger partial charge in [0.2, 0.25) is 0 Å². The lowest BCUT2D eigenvalue weighted by molar-refractivity contribution is -0.114. The van der Waals surface area contributed by atoms with Crippen LogP contribution in [0.3, 0.4) is 0 Å². The Bertz CT molecular complexity index is 670. The largest absolute Gasteiger partial charge is 0.493 e. The standard InChI is InChI=1S/C15H14N2O3/c1-19-13-5-9-3-4-17-8-12(18)11(7-16)15(17)10(9)6-14(13)20-2/h5-6H,3-4,8H2,1-2H3. The summed E-state index contributed by atoms with van der Waals surface area (Å²) in [6.07, 6.45) is 0.825. The van der Waals surface area contributed by atoms with Crippen molar-refractivity contribution in [3.05, 3.63) is 28.8 Å². The molecule has 5 nitrogen and oxygen atoms in total. The third-order valence-electron chi connectivity index (χ3n) is 3.79. The van der Waals surface area contributed by atoms with Crippen molar-refractivity contribution in [1.29, 1.82) is 5.26 Å². The number of benzene rings is 1. The van der Waals surface area contributed by atoms with Crippen LogP contribution in [0.4, 0.5) is 0 Å². The van der Waals surface area contributed by atoms with Gasteiger partial charge < -0.3 is 14.4 Å². The minimum atomic E-state index is -0.106. The van der Waals surface area contributed by atoms with Gasteiger partial charge in [-0.3, -0.25) is 4.79 Å². The maximum absolute atomic E-state index is 11.9. The summed E-state index contributed by atoms with van der Waals surface area (Å²) < 4.78 is 10.6. The molecule has 2 heterocycles. The topological polar surface area (TPSA) is 62.6 Å². The number of hydrogen-bond acceptors (Lipinski definition) is 5. The van der Waals surface area contributed by atoms with Gasteiger partial charge in [-0.25, -0.2) is 0 Å². The number of ether oxygens (including phenoxy) is 2. The Morgan fingerprint density at radius 1 is 1.25 bits per heavy atom. The van der Waals surface area contributed by atoms with E-state index in [-0.39, 0.29) is 11.4 Å². The molecule has 2 aliphatic heterocycles. The van der Waals surface area contributed by atoms with E-state index >= 15 is 0 Å². The number of Topliss-reactive ketones (excluding diaryl/α,β-unsaturated/α-hetero) is 1. The van der Waals surface area contributed by atoms with Crippen LogP contribution in [-0.2, 0) is 11.2 Å². The number of hydrogen-bond donors (Lipinski definition) is 0. The van der Waals surface area contributed by atoms with Crippen LogP contribution < -0.4 is 9.47 Å². The Labute approximate surface area is 117 Å². The highest BCUT2D eigenvalue weighted by molar-refractivity contribution is 6.11. The molecule has 0 radical (unpaired) electrons. The fourth-order valence-corrected chi connectivity index (χ4v) is 2.84. The Kier molecular flexibility index (Phi) is 2.87. The molecule has 0 aromatic heterocycles. The number of rotatable bonds is 2. The first kappa shape index (κ1) is 12.5. The number of carbonyl (C=O) groups is 1. The van der Waals surface area contributed by atoms with Gasteiger partial charge in [-0.15, -0.1) is 0 Å². The first-order chi connectivity index (χ1) is 9.69. The highest BCUT2D eigenvalue weighted by Gasteiger charge is 2.35. The quantitative estimate of drug-likeness (QED) is 0.812. The van der Waals surface area contributed by atoms with Crippen LogP contribution in [0.25, 0.3) is 5.70 Å². The Morgan fingerprint density at radius 2 is 1.95 bits per heavy atom. The van der Waals surface area contributed by atoms with Crippen LogP contribution in [0.1, 0.15) is 11.1 Å². The molecular weight excluding hydrogens is 256 g/mol. The summed E-state index contributed by atoms with van der Waals surface area (Å²) in [7, 11) is 3.17. The van der Waals surface area contributed by atoms with Gasteiger partial charge in [-0.2, -0.15) is 5.26 Å². The Balaban J connectivity index is 2.23. The first-order valence-electron chi connectivity index (χ1n) is 6.37. The molecule has 1 aromatic rings. The van der Waals surface area contributed by atoms with Crippen LogP contribution in [0.2, 0.25) is 0 Å². The molecule has 0 spiro atoms. The molecule has 5 heteroatoms. The van der Waals surface area contributed by atoms with E-state index in [2.05, 4.69) is 0 Å². The molecule has 0 atom stereocenters. The molecule has 0 bridgehead atoms. The van der Waals surface area contributed by atoms with Crippen molar-refractivity contribution in [1.82, 2.24) is 4.90 Å². The predicted molar refractivity (Wildman–Crippen MR) is 72.4 cm³/mol. The van der Waals surface area contributed by atoms with Crippen molar-refractivity contribution in [2.24, 2.45) is 0 Å². The van der Waals surface area contributed by atoms with Gasteiger partial charge in [0.1, 0.15) is 11.6 Å².